The lowest BCUT2D eigenvalue weighted by atomic mass is 10.1. The molecule has 1 heterocycles. The van der Waals surface area contributed by atoms with Gasteiger partial charge in [-0.25, -0.2) is 0 Å². The van der Waals surface area contributed by atoms with E-state index in [0.717, 1.165) is 18.6 Å². The number of carbonyl (C=O) groups excluding carboxylic acids is 1. The van der Waals surface area contributed by atoms with Gasteiger partial charge in [0.25, 0.3) is 5.91 Å². The van der Waals surface area contributed by atoms with E-state index in [9.17, 15) is 4.79 Å². The summed E-state index contributed by atoms with van der Waals surface area (Å²) in [6.07, 6.45) is 1.89. The quantitative estimate of drug-likeness (QED) is 0.718. The summed E-state index contributed by atoms with van der Waals surface area (Å²) in [6, 6.07) is 2.04. The predicted octanol–water partition coefficient (Wildman–Crippen LogP) is 3.63. The Hall–Kier alpha value is -0.740. The molecule has 102 valence electrons. The van der Waals surface area contributed by atoms with Gasteiger partial charge in [0, 0.05) is 29.9 Å². The third kappa shape index (κ3) is 3.62. The Morgan fingerprint density at radius 3 is 2.61 bits per heavy atom. The molecule has 0 fully saturated rings. The Labute approximate surface area is 118 Å². The monoisotopic (exact) mass is 289 g/mol. The number of methoxy groups -OCH3 is 1. The van der Waals surface area contributed by atoms with Gasteiger partial charge in [-0.15, -0.1) is 22.9 Å². The van der Waals surface area contributed by atoms with Crippen LogP contribution in [0.5, 0.6) is 5.75 Å². The van der Waals surface area contributed by atoms with Crippen molar-refractivity contribution in [2.75, 3.05) is 19.5 Å². The van der Waals surface area contributed by atoms with Crippen LogP contribution in [0.4, 0.5) is 0 Å². The van der Waals surface area contributed by atoms with Crippen molar-refractivity contribution in [3.05, 3.63) is 16.3 Å². The molecule has 0 aliphatic heterocycles. The first kappa shape index (κ1) is 15.3. The Morgan fingerprint density at radius 2 is 2.17 bits per heavy atom. The van der Waals surface area contributed by atoms with Gasteiger partial charge >= 0.3 is 0 Å². The Bertz CT molecular complexity index is 377. The maximum Gasteiger partial charge on any atom is 0.264 e. The van der Waals surface area contributed by atoms with Crippen LogP contribution < -0.4 is 4.74 Å². The fraction of sp³-hybridized carbons (Fsp3) is 0.615. The van der Waals surface area contributed by atoms with E-state index in [0.29, 0.717) is 17.3 Å². The molecule has 1 aromatic heterocycles. The van der Waals surface area contributed by atoms with Crippen molar-refractivity contribution in [2.24, 2.45) is 0 Å². The van der Waals surface area contributed by atoms with Crippen LogP contribution >= 0.6 is 22.9 Å². The van der Waals surface area contributed by atoms with Crippen LogP contribution in [-0.4, -0.2) is 36.4 Å². The molecule has 5 heteroatoms. The first-order chi connectivity index (χ1) is 8.67. The van der Waals surface area contributed by atoms with E-state index in [4.69, 9.17) is 16.3 Å². The number of alkyl halides is 1. The Balaban J connectivity index is 2.87. The molecule has 0 unspecified atom stereocenters. The van der Waals surface area contributed by atoms with Crippen LogP contribution in [0.1, 0.15) is 36.4 Å². The minimum absolute atomic E-state index is 0.0534. The van der Waals surface area contributed by atoms with Crippen LogP contribution in [0.25, 0.3) is 0 Å². The van der Waals surface area contributed by atoms with E-state index in [1.54, 1.807) is 13.2 Å². The van der Waals surface area contributed by atoms with Crippen molar-refractivity contribution in [2.45, 2.75) is 32.7 Å². The van der Waals surface area contributed by atoms with Gasteiger partial charge in [-0.2, -0.15) is 0 Å². The van der Waals surface area contributed by atoms with E-state index in [-0.39, 0.29) is 11.9 Å². The highest BCUT2D eigenvalue weighted by Crippen LogP contribution is 2.24. The zero-order chi connectivity index (χ0) is 13.5. The summed E-state index contributed by atoms with van der Waals surface area (Å²) >= 11 is 7.22. The van der Waals surface area contributed by atoms with E-state index >= 15 is 0 Å². The van der Waals surface area contributed by atoms with Crippen molar-refractivity contribution >= 4 is 28.8 Å². The highest BCUT2D eigenvalue weighted by atomic mass is 35.5. The molecule has 3 nitrogen and oxygen atoms in total. The lowest BCUT2D eigenvalue weighted by Gasteiger charge is -2.29. The van der Waals surface area contributed by atoms with Crippen molar-refractivity contribution < 1.29 is 9.53 Å². The smallest absolute Gasteiger partial charge is 0.264 e. The van der Waals surface area contributed by atoms with Crippen LogP contribution in [0.15, 0.2) is 11.4 Å². The number of hydrogen-bond donors (Lipinski definition) is 0. The maximum atomic E-state index is 12.4. The molecule has 0 aliphatic rings. The number of rotatable bonds is 7. The fourth-order valence-electron chi connectivity index (χ4n) is 1.95. The molecule has 0 N–H and O–H groups in total. The predicted molar refractivity (Wildman–Crippen MR) is 77.0 cm³/mol. The Morgan fingerprint density at radius 1 is 1.50 bits per heavy atom. The summed E-state index contributed by atoms with van der Waals surface area (Å²) in [7, 11) is 1.60. The number of ether oxygens (including phenoxy) is 1. The average molecular weight is 290 g/mol. The maximum absolute atomic E-state index is 12.4. The summed E-state index contributed by atoms with van der Waals surface area (Å²) < 4.78 is 5.11. The number of hydrogen-bond acceptors (Lipinski definition) is 3. The van der Waals surface area contributed by atoms with Crippen LogP contribution in [0.3, 0.4) is 0 Å². The van der Waals surface area contributed by atoms with Gasteiger partial charge in [-0.05, 0) is 12.8 Å². The van der Waals surface area contributed by atoms with Crippen molar-refractivity contribution in [3.8, 4) is 5.75 Å². The first-order valence-corrected chi connectivity index (χ1v) is 7.58. The molecule has 0 atom stereocenters. The second-order valence-corrected chi connectivity index (χ2v) is 5.30. The molecular weight excluding hydrogens is 270 g/mol. The van der Waals surface area contributed by atoms with Gasteiger partial charge in [0.05, 0.1) is 12.0 Å². The summed E-state index contributed by atoms with van der Waals surface area (Å²) in [5.41, 5.74) is 0. The van der Waals surface area contributed by atoms with Crippen LogP contribution in [-0.2, 0) is 0 Å². The zero-order valence-corrected chi connectivity index (χ0v) is 12.7. The summed E-state index contributed by atoms with van der Waals surface area (Å²) in [6.45, 7) is 4.78. The number of carbonyl (C=O) groups is 1. The van der Waals surface area contributed by atoms with Gasteiger partial charge in [0.15, 0.2) is 0 Å². The Kier molecular flexibility index (Phi) is 6.50. The largest absolute Gasteiger partial charge is 0.496 e. The van der Waals surface area contributed by atoms with Gasteiger partial charge in [0.2, 0.25) is 0 Å². The summed E-state index contributed by atoms with van der Waals surface area (Å²) in [5.74, 6) is 1.25. The van der Waals surface area contributed by atoms with E-state index in [1.165, 1.54) is 11.3 Å². The molecule has 0 spiro atoms. The van der Waals surface area contributed by atoms with Crippen LogP contribution in [0.2, 0.25) is 0 Å². The molecule has 0 saturated heterocycles. The van der Waals surface area contributed by atoms with Gasteiger partial charge < -0.3 is 9.64 Å². The van der Waals surface area contributed by atoms with Gasteiger partial charge in [0.1, 0.15) is 5.75 Å². The molecule has 1 rings (SSSR count). The SMILES string of the molecule is CCC(CC)N(CCCl)C(=O)c1cc(OC)cs1. The van der Waals surface area contributed by atoms with Gasteiger partial charge in [-0.3, -0.25) is 4.79 Å². The second kappa shape index (κ2) is 7.64. The minimum atomic E-state index is 0.0534. The lowest BCUT2D eigenvalue weighted by Crippen LogP contribution is -2.40. The van der Waals surface area contributed by atoms with Crippen LogP contribution in [0, 0.1) is 0 Å². The van der Waals surface area contributed by atoms with Crippen molar-refractivity contribution in [3.63, 3.8) is 0 Å². The van der Waals surface area contributed by atoms with E-state index in [2.05, 4.69) is 13.8 Å². The third-order valence-corrected chi connectivity index (χ3v) is 4.06. The molecule has 1 amide bonds. The second-order valence-electron chi connectivity index (χ2n) is 4.01. The molecule has 0 aliphatic carbocycles. The fourth-order valence-corrected chi connectivity index (χ4v) is 2.94. The molecule has 0 radical (unpaired) electrons. The van der Waals surface area contributed by atoms with Crippen molar-refractivity contribution in [1.29, 1.82) is 0 Å². The molecule has 18 heavy (non-hydrogen) atoms. The molecular formula is C13H20ClNO2S. The summed E-state index contributed by atoms with van der Waals surface area (Å²) in [4.78, 5) is 15.0. The average Bonchev–Trinajstić information content (AvgIpc) is 2.87. The summed E-state index contributed by atoms with van der Waals surface area (Å²) in [5, 5.41) is 1.85. The topological polar surface area (TPSA) is 29.5 Å². The zero-order valence-electron chi connectivity index (χ0n) is 11.1. The molecule has 0 bridgehead atoms. The number of thiophene rings is 1. The molecule has 1 aromatic rings. The normalized spacial score (nSPS) is 10.7. The highest BCUT2D eigenvalue weighted by Gasteiger charge is 2.23. The number of amides is 1. The lowest BCUT2D eigenvalue weighted by molar-refractivity contribution is 0.0686. The standard InChI is InChI=1S/C13H20ClNO2S/c1-4-10(5-2)15(7-6-14)13(16)12-8-11(17-3)9-18-12/h8-10H,4-7H2,1-3H3. The van der Waals surface area contributed by atoms with E-state index in [1.807, 2.05) is 10.3 Å². The minimum Gasteiger partial charge on any atom is -0.496 e. The van der Waals surface area contributed by atoms with Gasteiger partial charge in [-0.1, -0.05) is 13.8 Å². The third-order valence-electron chi connectivity index (χ3n) is 2.99. The van der Waals surface area contributed by atoms with E-state index < -0.39 is 0 Å². The first-order valence-electron chi connectivity index (χ1n) is 6.17. The highest BCUT2D eigenvalue weighted by molar-refractivity contribution is 7.12. The number of nitrogens with zero attached hydrogens (tertiary/aromatic N) is 1. The van der Waals surface area contributed by atoms with Crippen molar-refractivity contribution in [1.82, 2.24) is 4.90 Å². The number of halogens is 1. The molecule has 0 aromatic carbocycles. The molecule has 0 saturated carbocycles.